The van der Waals surface area contributed by atoms with E-state index < -0.39 is 12.2 Å². The third-order valence-corrected chi connectivity index (χ3v) is 1.72. The molecule has 0 aromatic rings. The van der Waals surface area contributed by atoms with Gasteiger partial charge in [0.1, 0.15) is 0 Å². The molecule has 0 spiro atoms. The normalized spacial score (nSPS) is 17.6. The highest BCUT2D eigenvalue weighted by molar-refractivity contribution is 5.04. The molecular weight excluding hydrogens is 140 g/mol. The zero-order chi connectivity index (χ0) is 8.85. The van der Waals surface area contributed by atoms with E-state index in [0.29, 0.717) is 6.42 Å². The van der Waals surface area contributed by atoms with Gasteiger partial charge in [0.05, 0.1) is 12.2 Å². The minimum Gasteiger partial charge on any atom is -0.389 e. The van der Waals surface area contributed by atoms with Crippen LogP contribution in [0.2, 0.25) is 0 Å². The lowest BCUT2D eigenvalue weighted by atomic mass is 10.1. The van der Waals surface area contributed by atoms with Gasteiger partial charge in [0.2, 0.25) is 0 Å². The lowest BCUT2D eigenvalue weighted by Gasteiger charge is -2.12. The van der Waals surface area contributed by atoms with Crippen molar-refractivity contribution in [3.8, 4) is 0 Å². The fourth-order valence-electron chi connectivity index (χ4n) is 0.703. The molecule has 2 atom stereocenters. The smallest absolute Gasteiger partial charge is 0.0775 e. The minimum atomic E-state index is -0.611. The fourth-order valence-corrected chi connectivity index (χ4v) is 0.703. The van der Waals surface area contributed by atoms with Gasteiger partial charge in [-0.05, 0) is 19.4 Å². The molecular formula is C9H16O2. The standard InChI is InChI=1S/C9H16O2/c1-4-7(3)9(11)6-8(10)5-2/h4-5,8-11H,2,6H2,1,3H3/b7-4+/t8-,9+/m0/s1. The molecule has 0 saturated heterocycles. The van der Waals surface area contributed by atoms with Crippen LogP contribution in [0, 0.1) is 0 Å². The Morgan fingerprint density at radius 1 is 1.55 bits per heavy atom. The van der Waals surface area contributed by atoms with Crippen LogP contribution in [0.15, 0.2) is 24.3 Å². The fraction of sp³-hybridized carbons (Fsp3) is 0.556. The summed E-state index contributed by atoms with van der Waals surface area (Å²) in [6.45, 7) is 7.11. The van der Waals surface area contributed by atoms with Gasteiger partial charge in [-0.3, -0.25) is 0 Å². The van der Waals surface area contributed by atoms with Gasteiger partial charge in [-0.15, -0.1) is 6.58 Å². The van der Waals surface area contributed by atoms with Crippen LogP contribution in [-0.2, 0) is 0 Å². The molecule has 0 aliphatic carbocycles. The molecule has 0 bridgehead atoms. The Hall–Kier alpha value is -0.600. The second-order valence-corrected chi connectivity index (χ2v) is 2.59. The Kier molecular flexibility index (Phi) is 4.83. The summed E-state index contributed by atoms with van der Waals surface area (Å²) in [5, 5.41) is 18.4. The molecule has 0 radical (unpaired) electrons. The third-order valence-electron chi connectivity index (χ3n) is 1.72. The summed E-state index contributed by atoms with van der Waals surface area (Å²) in [6, 6.07) is 0. The predicted molar refractivity (Wildman–Crippen MR) is 46.3 cm³/mol. The van der Waals surface area contributed by atoms with E-state index >= 15 is 0 Å². The van der Waals surface area contributed by atoms with Gasteiger partial charge in [0, 0.05) is 6.42 Å². The number of allylic oxidation sites excluding steroid dienone is 1. The second kappa shape index (κ2) is 5.10. The Bertz CT molecular complexity index is 150. The molecule has 64 valence electrons. The highest BCUT2D eigenvalue weighted by Gasteiger charge is 2.09. The largest absolute Gasteiger partial charge is 0.389 e. The van der Waals surface area contributed by atoms with E-state index in [9.17, 15) is 5.11 Å². The predicted octanol–water partition coefficient (Wildman–Crippen LogP) is 1.25. The summed E-state index contributed by atoms with van der Waals surface area (Å²) >= 11 is 0. The SMILES string of the molecule is C=C[C@H](O)C[C@@H](O)/C(C)=C/C. The number of aliphatic hydroxyl groups is 2. The summed E-state index contributed by atoms with van der Waals surface area (Å²) < 4.78 is 0. The molecule has 2 nitrogen and oxygen atoms in total. The third kappa shape index (κ3) is 3.96. The van der Waals surface area contributed by atoms with E-state index in [1.807, 2.05) is 19.9 Å². The monoisotopic (exact) mass is 156 g/mol. The van der Waals surface area contributed by atoms with E-state index in [1.54, 1.807) is 0 Å². The molecule has 0 aliphatic rings. The summed E-state index contributed by atoms with van der Waals surface area (Å²) in [5.41, 5.74) is 0.880. The van der Waals surface area contributed by atoms with E-state index in [1.165, 1.54) is 6.08 Å². The van der Waals surface area contributed by atoms with Crippen LogP contribution in [0.25, 0.3) is 0 Å². The first-order valence-corrected chi connectivity index (χ1v) is 3.73. The zero-order valence-electron chi connectivity index (χ0n) is 7.12. The Morgan fingerprint density at radius 2 is 2.09 bits per heavy atom. The van der Waals surface area contributed by atoms with Crippen molar-refractivity contribution >= 4 is 0 Å². The van der Waals surface area contributed by atoms with Gasteiger partial charge in [-0.2, -0.15) is 0 Å². The molecule has 0 heterocycles. The number of hydrogen-bond donors (Lipinski definition) is 2. The van der Waals surface area contributed by atoms with Crippen molar-refractivity contribution in [3.63, 3.8) is 0 Å². The van der Waals surface area contributed by atoms with Gasteiger partial charge in [0.15, 0.2) is 0 Å². The average Bonchev–Trinajstić information content (AvgIpc) is 2.02. The van der Waals surface area contributed by atoms with E-state index in [0.717, 1.165) is 5.57 Å². The van der Waals surface area contributed by atoms with Crippen LogP contribution in [-0.4, -0.2) is 22.4 Å². The highest BCUT2D eigenvalue weighted by atomic mass is 16.3. The molecule has 2 heteroatoms. The maximum atomic E-state index is 9.34. The second-order valence-electron chi connectivity index (χ2n) is 2.59. The van der Waals surface area contributed by atoms with Crippen molar-refractivity contribution in [1.82, 2.24) is 0 Å². The molecule has 0 aliphatic heterocycles. The van der Waals surface area contributed by atoms with Crippen molar-refractivity contribution in [2.24, 2.45) is 0 Å². The van der Waals surface area contributed by atoms with Crippen LogP contribution in [0.5, 0.6) is 0 Å². The lowest BCUT2D eigenvalue weighted by molar-refractivity contribution is 0.126. The Labute approximate surface area is 67.9 Å². The van der Waals surface area contributed by atoms with Gasteiger partial charge in [-0.25, -0.2) is 0 Å². The number of rotatable bonds is 4. The van der Waals surface area contributed by atoms with Crippen molar-refractivity contribution < 1.29 is 10.2 Å². The molecule has 0 rings (SSSR count). The quantitative estimate of drug-likeness (QED) is 0.601. The first-order valence-electron chi connectivity index (χ1n) is 3.73. The topological polar surface area (TPSA) is 40.5 Å². The Morgan fingerprint density at radius 3 is 2.45 bits per heavy atom. The molecule has 0 aromatic heterocycles. The maximum Gasteiger partial charge on any atom is 0.0775 e. The summed E-state index contributed by atoms with van der Waals surface area (Å²) in [6.07, 6.45) is 2.43. The molecule has 0 unspecified atom stereocenters. The summed E-state index contributed by atoms with van der Waals surface area (Å²) in [4.78, 5) is 0. The number of hydrogen-bond acceptors (Lipinski definition) is 2. The van der Waals surface area contributed by atoms with Gasteiger partial charge >= 0.3 is 0 Å². The summed E-state index contributed by atoms with van der Waals surface area (Å²) in [5.74, 6) is 0. The van der Waals surface area contributed by atoms with Crippen molar-refractivity contribution in [2.45, 2.75) is 32.5 Å². The summed E-state index contributed by atoms with van der Waals surface area (Å²) in [7, 11) is 0. The van der Waals surface area contributed by atoms with Gasteiger partial charge in [0.25, 0.3) is 0 Å². The van der Waals surface area contributed by atoms with Crippen LogP contribution < -0.4 is 0 Å². The van der Waals surface area contributed by atoms with E-state index in [4.69, 9.17) is 5.11 Å². The van der Waals surface area contributed by atoms with Crippen molar-refractivity contribution in [2.75, 3.05) is 0 Å². The number of aliphatic hydroxyl groups excluding tert-OH is 2. The molecule has 0 amide bonds. The van der Waals surface area contributed by atoms with E-state index in [-0.39, 0.29) is 0 Å². The minimum absolute atomic E-state index is 0.333. The molecule has 2 N–H and O–H groups in total. The first-order chi connectivity index (χ1) is 5.11. The van der Waals surface area contributed by atoms with Gasteiger partial charge in [-0.1, -0.05) is 12.2 Å². The van der Waals surface area contributed by atoms with Crippen molar-refractivity contribution in [1.29, 1.82) is 0 Å². The van der Waals surface area contributed by atoms with Crippen LogP contribution in [0.4, 0.5) is 0 Å². The van der Waals surface area contributed by atoms with E-state index in [2.05, 4.69) is 6.58 Å². The van der Waals surface area contributed by atoms with Crippen LogP contribution in [0.1, 0.15) is 20.3 Å². The van der Waals surface area contributed by atoms with Crippen LogP contribution >= 0.6 is 0 Å². The maximum absolute atomic E-state index is 9.34. The Balaban J connectivity index is 3.86. The lowest BCUT2D eigenvalue weighted by Crippen LogP contribution is -2.16. The molecule has 0 aromatic carbocycles. The van der Waals surface area contributed by atoms with Gasteiger partial charge < -0.3 is 10.2 Å². The molecule has 0 saturated carbocycles. The average molecular weight is 156 g/mol. The molecule has 11 heavy (non-hydrogen) atoms. The van der Waals surface area contributed by atoms with Crippen molar-refractivity contribution in [3.05, 3.63) is 24.3 Å². The van der Waals surface area contributed by atoms with Crippen LogP contribution in [0.3, 0.4) is 0 Å². The first kappa shape index (κ1) is 10.4. The molecule has 0 fully saturated rings. The highest BCUT2D eigenvalue weighted by Crippen LogP contribution is 2.08. The zero-order valence-corrected chi connectivity index (χ0v) is 7.12.